The van der Waals surface area contributed by atoms with E-state index in [1.54, 1.807) is 42.5 Å². The van der Waals surface area contributed by atoms with Crippen LogP contribution in [-0.4, -0.2) is 31.7 Å². The fourth-order valence-corrected chi connectivity index (χ4v) is 2.22. The van der Waals surface area contributed by atoms with Crippen molar-refractivity contribution in [2.45, 2.75) is 13.8 Å². The van der Waals surface area contributed by atoms with Gasteiger partial charge in [0.1, 0.15) is 0 Å². The summed E-state index contributed by atoms with van der Waals surface area (Å²) < 4.78 is 15.7. The highest BCUT2D eigenvalue weighted by Crippen LogP contribution is 2.26. The maximum absolute atomic E-state index is 11.8. The molecular formula is C19H20ClNO5. The molecule has 1 amide bonds. The average molecular weight is 378 g/mol. The number of halogens is 1. The van der Waals surface area contributed by atoms with Gasteiger partial charge in [0.05, 0.1) is 6.61 Å². The van der Waals surface area contributed by atoms with E-state index in [4.69, 9.17) is 25.8 Å². The van der Waals surface area contributed by atoms with E-state index in [1.165, 1.54) is 0 Å². The van der Waals surface area contributed by atoms with Crippen LogP contribution in [0.5, 0.6) is 11.5 Å². The van der Waals surface area contributed by atoms with Crippen LogP contribution in [0.2, 0.25) is 5.02 Å². The molecule has 6 nitrogen and oxygen atoms in total. The number of carbonyl (C=O) groups is 2. The summed E-state index contributed by atoms with van der Waals surface area (Å²) in [5.41, 5.74) is 1.43. The second-order valence-corrected chi connectivity index (χ2v) is 5.75. The second-order valence-electron chi connectivity index (χ2n) is 5.34. The van der Waals surface area contributed by atoms with Gasteiger partial charge in [-0.15, -0.1) is 0 Å². The molecule has 0 fully saturated rings. The van der Waals surface area contributed by atoms with Crippen LogP contribution in [-0.2, 0) is 14.3 Å². The van der Waals surface area contributed by atoms with E-state index in [1.807, 2.05) is 13.8 Å². The Balaban J connectivity index is 1.78. The molecular weight excluding hydrogens is 358 g/mol. The number of hydrogen-bond donors (Lipinski definition) is 1. The van der Waals surface area contributed by atoms with Crippen LogP contribution in [0.15, 0.2) is 42.5 Å². The van der Waals surface area contributed by atoms with Gasteiger partial charge in [0, 0.05) is 10.7 Å². The van der Waals surface area contributed by atoms with Crippen LogP contribution in [0, 0.1) is 6.92 Å². The topological polar surface area (TPSA) is 73.9 Å². The number of amides is 1. The van der Waals surface area contributed by atoms with E-state index >= 15 is 0 Å². The lowest BCUT2D eigenvalue weighted by atomic mass is 10.2. The lowest BCUT2D eigenvalue weighted by molar-refractivity contribution is -0.149. The standard InChI is InChI=1S/C19H20ClNO5/c1-3-24-16-6-4-5-7-17(16)25-12-19(23)26-11-18(22)21-14-9-8-13(2)15(20)10-14/h4-10H,3,11-12H2,1-2H3,(H,21,22). The SMILES string of the molecule is CCOc1ccccc1OCC(=O)OCC(=O)Nc1ccc(C)c(Cl)c1. The Morgan fingerprint density at radius 3 is 2.38 bits per heavy atom. The van der Waals surface area contributed by atoms with Gasteiger partial charge in [0.2, 0.25) is 0 Å². The average Bonchev–Trinajstić information content (AvgIpc) is 2.62. The Hall–Kier alpha value is -2.73. The molecule has 2 aromatic carbocycles. The number of hydrogen-bond acceptors (Lipinski definition) is 5. The minimum atomic E-state index is -0.659. The molecule has 0 spiro atoms. The molecule has 26 heavy (non-hydrogen) atoms. The maximum Gasteiger partial charge on any atom is 0.344 e. The molecule has 0 aliphatic carbocycles. The Morgan fingerprint density at radius 1 is 1.04 bits per heavy atom. The Kier molecular flexibility index (Phi) is 7.29. The number of rotatable bonds is 8. The predicted molar refractivity (Wildman–Crippen MR) is 98.9 cm³/mol. The van der Waals surface area contributed by atoms with Crippen LogP contribution in [0.1, 0.15) is 12.5 Å². The van der Waals surface area contributed by atoms with Gasteiger partial charge in [-0.25, -0.2) is 4.79 Å². The minimum Gasteiger partial charge on any atom is -0.490 e. The predicted octanol–water partition coefficient (Wildman–Crippen LogP) is 3.61. The first-order valence-corrected chi connectivity index (χ1v) is 8.43. The van der Waals surface area contributed by atoms with E-state index in [0.29, 0.717) is 28.8 Å². The van der Waals surface area contributed by atoms with Gasteiger partial charge in [0.25, 0.3) is 5.91 Å². The largest absolute Gasteiger partial charge is 0.490 e. The number of aryl methyl sites for hydroxylation is 1. The van der Waals surface area contributed by atoms with Gasteiger partial charge in [-0.05, 0) is 43.7 Å². The first-order chi connectivity index (χ1) is 12.5. The van der Waals surface area contributed by atoms with Gasteiger partial charge < -0.3 is 19.5 Å². The number of benzene rings is 2. The van der Waals surface area contributed by atoms with Crippen molar-refractivity contribution in [2.75, 3.05) is 25.1 Å². The summed E-state index contributed by atoms with van der Waals surface area (Å²) >= 11 is 6.00. The van der Waals surface area contributed by atoms with Crippen molar-refractivity contribution in [3.05, 3.63) is 53.1 Å². The summed E-state index contributed by atoms with van der Waals surface area (Å²) in [5.74, 6) is -0.150. The number of carbonyl (C=O) groups excluding carboxylic acids is 2. The molecule has 0 unspecified atom stereocenters. The molecule has 0 aromatic heterocycles. The van der Waals surface area contributed by atoms with Crippen molar-refractivity contribution in [1.82, 2.24) is 0 Å². The van der Waals surface area contributed by atoms with Crippen LogP contribution in [0.4, 0.5) is 5.69 Å². The van der Waals surface area contributed by atoms with Crippen LogP contribution >= 0.6 is 11.6 Å². The normalized spacial score (nSPS) is 10.1. The number of anilines is 1. The zero-order chi connectivity index (χ0) is 18.9. The summed E-state index contributed by atoms with van der Waals surface area (Å²) in [6, 6.07) is 12.1. The molecule has 0 radical (unpaired) electrons. The summed E-state index contributed by atoms with van der Waals surface area (Å²) in [6.07, 6.45) is 0. The van der Waals surface area contributed by atoms with Gasteiger partial charge in [-0.1, -0.05) is 29.8 Å². The summed E-state index contributed by atoms with van der Waals surface area (Å²) in [5, 5.41) is 3.15. The summed E-state index contributed by atoms with van der Waals surface area (Å²) in [7, 11) is 0. The lowest BCUT2D eigenvalue weighted by Gasteiger charge is -2.11. The molecule has 0 bridgehead atoms. The molecule has 138 valence electrons. The second kappa shape index (κ2) is 9.68. The Bertz CT molecular complexity index is 778. The molecule has 7 heteroatoms. The molecule has 2 rings (SSSR count). The molecule has 1 N–H and O–H groups in total. The number of ether oxygens (including phenoxy) is 3. The third-order valence-corrected chi connectivity index (χ3v) is 3.72. The third kappa shape index (κ3) is 5.97. The zero-order valence-corrected chi connectivity index (χ0v) is 15.3. The highest BCUT2D eigenvalue weighted by Gasteiger charge is 2.11. The van der Waals surface area contributed by atoms with Crippen LogP contribution < -0.4 is 14.8 Å². The van der Waals surface area contributed by atoms with Crippen molar-refractivity contribution in [3.8, 4) is 11.5 Å². The quantitative estimate of drug-likeness (QED) is 0.711. The van der Waals surface area contributed by atoms with Crippen LogP contribution in [0.3, 0.4) is 0 Å². The van der Waals surface area contributed by atoms with Crippen LogP contribution in [0.25, 0.3) is 0 Å². The number of nitrogens with one attached hydrogen (secondary N) is 1. The third-order valence-electron chi connectivity index (χ3n) is 3.31. The van der Waals surface area contributed by atoms with Crippen molar-refractivity contribution >= 4 is 29.2 Å². The van der Waals surface area contributed by atoms with Crippen molar-refractivity contribution in [2.24, 2.45) is 0 Å². The molecule has 2 aromatic rings. The zero-order valence-electron chi connectivity index (χ0n) is 14.6. The Morgan fingerprint density at radius 2 is 1.73 bits per heavy atom. The first-order valence-electron chi connectivity index (χ1n) is 8.06. The molecule has 0 atom stereocenters. The van der Waals surface area contributed by atoms with Crippen molar-refractivity contribution in [3.63, 3.8) is 0 Å². The fraction of sp³-hybridized carbons (Fsp3) is 0.263. The minimum absolute atomic E-state index is 0.326. The molecule has 0 aliphatic heterocycles. The van der Waals surface area contributed by atoms with Gasteiger partial charge in [0.15, 0.2) is 24.7 Å². The van der Waals surface area contributed by atoms with E-state index in [2.05, 4.69) is 5.32 Å². The summed E-state index contributed by atoms with van der Waals surface area (Å²) in [6.45, 7) is 3.45. The maximum atomic E-state index is 11.8. The van der Waals surface area contributed by atoms with Crippen molar-refractivity contribution in [1.29, 1.82) is 0 Å². The van der Waals surface area contributed by atoms with Gasteiger partial charge in [-0.2, -0.15) is 0 Å². The monoisotopic (exact) mass is 377 g/mol. The van der Waals surface area contributed by atoms with E-state index < -0.39 is 18.5 Å². The van der Waals surface area contributed by atoms with Gasteiger partial charge in [-0.3, -0.25) is 4.79 Å². The number of esters is 1. The Labute approximate surface area is 157 Å². The van der Waals surface area contributed by atoms with E-state index in [-0.39, 0.29) is 6.61 Å². The highest BCUT2D eigenvalue weighted by atomic mass is 35.5. The number of para-hydroxylation sites is 2. The molecule has 0 aliphatic rings. The highest BCUT2D eigenvalue weighted by molar-refractivity contribution is 6.31. The molecule has 0 saturated carbocycles. The summed E-state index contributed by atoms with van der Waals surface area (Å²) in [4.78, 5) is 23.6. The van der Waals surface area contributed by atoms with E-state index in [9.17, 15) is 9.59 Å². The van der Waals surface area contributed by atoms with E-state index in [0.717, 1.165) is 5.56 Å². The molecule has 0 heterocycles. The van der Waals surface area contributed by atoms with Crippen molar-refractivity contribution < 1.29 is 23.8 Å². The molecule has 0 saturated heterocycles. The van der Waals surface area contributed by atoms with Gasteiger partial charge >= 0.3 is 5.97 Å². The first kappa shape index (κ1) is 19.6. The fourth-order valence-electron chi connectivity index (χ4n) is 2.04. The smallest absolute Gasteiger partial charge is 0.344 e. The lowest BCUT2D eigenvalue weighted by Crippen LogP contribution is -2.23.